The first-order valence-electron chi connectivity index (χ1n) is 10.0. The van der Waals surface area contributed by atoms with Gasteiger partial charge >= 0.3 is 6.18 Å². The molecule has 13 heteroatoms. The zero-order valence-corrected chi connectivity index (χ0v) is 19.0. The van der Waals surface area contributed by atoms with E-state index in [1.807, 2.05) is 0 Å². The number of pyridine rings is 1. The fourth-order valence-corrected chi connectivity index (χ4v) is 4.85. The Morgan fingerprint density at radius 1 is 1.32 bits per heavy atom. The molecule has 2 aromatic rings. The van der Waals surface area contributed by atoms with Crippen LogP contribution in [0.5, 0.6) is 5.75 Å². The van der Waals surface area contributed by atoms with E-state index in [4.69, 9.17) is 4.74 Å². The molecule has 9 nitrogen and oxygen atoms in total. The molecule has 1 aliphatic heterocycles. The summed E-state index contributed by atoms with van der Waals surface area (Å²) in [7, 11) is -2.73. The van der Waals surface area contributed by atoms with E-state index in [1.165, 1.54) is 19.4 Å². The summed E-state index contributed by atoms with van der Waals surface area (Å²) >= 11 is 0. The van der Waals surface area contributed by atoms with E-state index in [0.717, 1.165) is 9.87 Å². The highest BCUT2D eigenvalue weighted by Gasteiger charge is 2.34. The van der Waals surface area contributed by atoms with Crippen molar-refractivity contribution in [3.8, 4) is 5.75 Å². The van der Waals surface area contributed by atoms with Crippen molar-refractivity contribution in [2.24, 2.45) is 10.2 Å². The largest absolute Gasteiger partial charge is 0.496 e. The maximum absolute atomic E-state index is 12.9. The molecule has 0 radical (unpaired) electrons. The van der Waals surface area contributed by atoms with Crippen molar-refractivity contribution in [1.82, 2.24) is 9.29 Å². The van der Waals surface area contributed by atoms with Gasteiger partial charge in [-0.1, -0.05) is 6.07 Å². The molecule has 182 valence electrons. The predicted octanol–water partition coefficient (Wildman–Crippen LogP) is 3.02. The number of aromatic nitrogens is 1. The third-order valence-corrected chi connectivity index (χ3v) is 6.88. The van der Waals surface area contributed by atoms with Gasteiger partial charge in [0.15, 0.2) is 0 Å². The number of amides is 1. The number of rotatable bonds is 8. The second-order valence-electron chi connectivity index (χ2n) is 7.37. The number of sulfonamides is 1. The van der Waals surface area contributed by atoms with Gasteiger partial charge in [0.2, 0.25) is 10.0 Å². The van der Waals surface area contributed by atoms with E-state index in [9.17, 15) is 26.4 Å². The molecule has 3 rings (SSSR count). The van der Waals surface area contributed by atoms with Gasteiger partial charge in [-0.2, -0.15) is 27.7 Å². The monoisotopic (exact) mass is 497 g/mol. The molecule has 1 N–H and O–H groups in total. The Balaban J connectivity index is 1.83. The summed E-state index contributed by atoms with van der Waals surface area (Å²) in [6, 6.07) is 7.99. The molecule has 0 saturated heterocycles. The van der Waals surface area contributed by atoms with Gasteiger partial charge in [-0.3, -0.25) is 4.79 Å². The average molecular weight is 497 g/mol. The molecule has 1 amide bonds. The maximum Gasteiger partial charge on any atom is 0.390 e. The zero-order chi connectivity index (χ0) is 24.9. The van der Waals surface area contributed by atoms with Crippen molar-refractivity contribution in [3.05, 3.63) is 52.7 Å². The van der Waals surface area contributed by atoms with Gasteiger partial charge in [-0.25, -0.2) is 13.4 Å². The number of anilines is 1. The van der Waals surface area contributed by atoms with Gasteiger partial charge in [0.1, 0.15) is 11.6 Å². The van der Waals surface area contributed by atoms with Gasteiger partial charge < -0.3 is 10.1 Å². The number of hydrogen-bond donors (Lipinski definition) is 1. The average Bonchev–Trinajstić information content (AvgIpc) is 2.80. The summed E-state index contributed by atoms with van der Waals surface area (Å²) in [5, 5.41) is 9.62. The third kappa shape index (κ3) is 6.38. The predicted molar refractivity (Wildman–Crippen MR) is 121 cm³/mol. The lowest BCUT2D eigenvalue weighted by Crippen LogP contribution is -2.38. The van der Waals surface area contributed by atoms with Crippen LogP contribution >= 0.6 is 0 Å². The Morgan fingerprint density at radius 3 is 2.76 bits per heavy atom. The first-order valence-corrected chi connectivity index (χ1v) is 11.6. The number of ether oxygens (including phenoxy) is 1. The van der Waals surface area contributed by atoms with Crippen molar-refractivity contribution in [2.45, 2.75) is 25.6 Å². The van der Waals surface area contributed by atoms with E-state index in [2.05, 4.69) is 27.2 Å². The van der Waals surface area contributed by atoms with Crippen LogP contribution in [0, 0.1) is 0 Å². The molecular weight excluding hydrogens is 475 g/mol. The molecule has 0 saturated carbocycles. The number of nitrogens with zero attached hydrogens (tertiary/aromatic N) is 4. The quantitative estimate of drug-likeness (QED) is 0.445. The molecule has 0 fully saturated rings. The van der Waals surface area contributed by atoms with E-state index in [1.54, 1.807) is 24.3 Å². The van der Waals surface area contributed by atoms with Crippen LogP contribution in [0.2, 0.25) is 0 Å². The van der Waals surface area contributed by atoms with Crippen LogP contribution in [0.25, 0.3) is 0 Å². The molecule has 0 spiro atoms. The number of hydrogen-bond acceptors (Lipinski definition) is 7. The highest BCUT2D eigenvalue weighted by molar-refractivity contribution is 7.89. The normalized spacial score (nSPS) is 14.6. The number of alkyl halides is 3. The molecule has 2 heterocycles. The van der Waals surface area contributed by atoms with Crippen LogP contribution < -0.4 is 10.1 Å². The smallest absolute Gasteiger partial charge is 0.390 e. The first kappa shape index (κ1) is 25.3. The molecule has 0 bridgehead atoms. The lowest BCUT2D eigenvalue weighted by molar-refractivity contribution is -0.130. The van der Waals surface area contributed by atoms with E-state index in [0.29, 0.717) is 11.3 Å². The minimum Gasteiger partial charge on any atom is -0.496 e. The summed E-state index contributed by atoms with van der Waals surface area (Å²) in [5.74, 6) is -1.07. The van der Waals surface area contributed by atoms with E-state index < -0.39 is 34.3 Å². The van der Waals surface area contributed by atoms with Crippen LogP contribution in [0.15, 0.2) is 40.5 Å². The van der Waals surface area contributed by atoms with Crippen molar-refractivity contribution < 1.29 is 31.1 Å². The van der Waals surface area contributed by atoms with Gasteiger partial charge in [0, 0.05) is 19.8 Å². The van der Waals surface area contributed by atoms with Crippen LogP contribution in [-0.2, 0) is 23.0 Å². The van der Waals surface area contributed by atoms with Crippen LogP contribution in [0.1, 0.15) is 33.6 Å². The summed E-state index contributed by atoms with van der Waals surface area (Å²) in [4.78, 5) is 17.2. The van der Waals surface area contributed by atoms with Crippen molar-refractivity contribution in [3.63, 3.8) is 0 Å². The molecule has 1 aromatic carbocycles. The van der Waals surface area contributed by atoms with Crippen LogP contribution in [0.4, 0.5) is 19.0 Å². The summed E-state index contributed by atoms with van der Waals surface area (Å²) in [6.45, 7) is 3.13. The molecule has 1 aromatic heterocycles. The molecule has 0 atom stereocenters. The van der Waals surface area contributed by atoms with Gasteiger partial charge in [0.05, 0.1) is 36.8 Å². The summed E-state index contributed by atoms with van der Waals surface area (Å²) in [5.41, 5.74) is 1.83. The number of halogens is 3. The van der Waals surface area contributed by atoms with Gasteiger partial charge in [0.25, 0.3) is 5.91 Å². The third-order valence-electron chi connectivity index (χ3n) is 5.06. The highest BCUT2D eigenvalue weighted by Crippen LogP contribution is 2.30. The van der Waals surface area contributed by atoms with Gasteiger partial charge in [-0.15, -0.1) is 0 Å². The highest BCUT2D eigenvalue weighted by atomic mass is 32.2. The first-order chi connectivity index (χ1) is 16.0. The molecule has 0 aliphatic carbocycles. The topological polar surface area (TPSA) is 113 Å². The van der Waals surface area contributed by atoms with E-state index in [-0.39, 0.29) is 36.6 Å². The van der Waals surface area contributed by atoms with Crippen molar-refractivity contribution >= 4 is 34.7 Å². The number of carbonyl (C=O) groups excluding carboxylic acids is 1. The fourth-order valence-electron chi connectivity index (χ4n) is 3.40. The van der Waals surface area contributed by atoms with Crippen molar-refractivity contribution in [1.29, 1.82) is 0 Å². The SMILES string of the molecule is C=NN=Cc1cccc(NC(=O)c2cc3c(cc2OC)CCN(S(=O)(=O)CCC(F)(F)F)C3)n1. The number of nitrogens with one attached hydrogen (secondary N) is 1. The summed E-state index contributed by atoms with van der Waals surface area (Å²) < 4.78 is 68.8. The number of fused-ring (bicyclic) bond motifs is 1. The minimum atomic E-state index is -4.57. The van der Waals surface area contributed by atoms with Gasteiger partial charge in [-0.05, 0) is 41.8 Å². The molecular formula is C21H22F3N5O4S. The number of methoxy groups -OCH3 is 1. The maximum atomic E-state index is 12.9. The molecule has 34 heavy (non-hydrogen) atoms. The number of carbonyl (C=O) groups is 1. The standard InChI is InChI=1S/C21H22F3N5O4S/c1-25-26-12-16-4-3-5-19(27-16)28-20(30)17-10-15-13-29(8-6-14(15)11-18(17)33-2)34(31,32)9-7-21(22,23)24/h3-5,10-12H,1,6-9,13H2,2H3,(H,27,28,30). The van der Waals surface area contributed by atoms with Crippen molar-refractivity contribution in [2.75, 3.05) is 24.7 Å². The van der Waals surface area contributed by atoms with E-state index >= 15 is 0 Å². The Bertz CT molecular complexity index is 1220. The lowest BCUT2D eigenvalue weighted by atomic mass is 9.97. The second kappa shape index (κ2) is 10.3. The molecule has 0 unspecified atom stereocenters. The Labute approximate surface area is 194 Å². The Hall–Kier alpha value is -3.32. The van der Waals surface area contributed by atoms with Crippen LogP contribution in [0.3, 0.4) is 0 Å². The van der Waals surface area contributed by atoms with Crippen LogP contribution in [-0.4, -0.2) is 62.1 Å². The fraction of sp³-hybridized carbons (Fsp3) is 0.333. The minimum absolute atomic E-state index is 0.0414. The second-order valence-corrected chi connectivity index (χ2v) is 9.46. The Kier molecular flexibility index (Phi) is 7.67. The number of benzene rings is 1. The summed E-state index contributed by atoms with van der Waals surface area (Å²) in [6.07, 6.45) is -4.36. The Morgan fingerprint density at radius 2 is 2.09 bits per heavy atom. The molecule has 1 aliphatic rings. The lowest BCUT2D eigenvalue weighted by Gasteiger charge is -2.29. The zero-order valence-electron chi connectivity index (χ0n) is 18.2.